The summed E-state index contributed by atoms with van der Waals surface area (Å²) in [4.78, 5) is 25.0. The van der Waals surface area contributed by atoms with E-state index >= 15 is 0 Å². The molecular formula is C18H29NO3. The number of hydrogen-bond donors (Lipinski definition) is 1. The second-order valence-corrected chi connectivity index (χ2v) is 7.69. The number of rotatable bonds is 4. The molecule has 1 N–H and O–H groups in total. The lowest BCUT2D eigenvalue weighted by Gasteiger charge is -2.35. The number of carbonyl (C=O) groups is 2. The zero-order valence-corrected chi connectivity index (χ0v) is 14.5. The third-order valence-electron chi connectivity index (χ3n) is 5.35. The van der Waals surface area contributed by atoms with Gasteiger partial charge in [0, 0.05) is 0 Å². The van der Waals surface area contributed by atoms with Crippen molar-refractivity contribution < 1.29 is 14.3 Å². The van der Waals surface area contributed by atoms with Gasteiger partial charge in [-0.2, -0.15) is 0 Å². The molecule has 4 nitrogen and oxygen atoms in total. The number of nitrogens with one attached hydrogen (secondary N) is 1. The Morgan fingerprint density at radius 3 is 2.23 bits per heavy atom. The number of esters is 1. The SMILES string of the molecule is COC(=O)C1(NC(=O)[C@H]2[C@@H](C=C(C)C)C2(C)C)CCCCC1. The Kier molecular flexibility index (Phi) is 4.69. The molecule has 2 rings (SSSR count). The van der Waals surface area contributed by atoms with Gasteiger partial charge in [0.15, 0.2) is 0 Å². The first-order valence-electron chi connectivity index (χ1n) is 8.30. The summed E-state index contributed by atoms with van der Waals surface area (Å²) in [6, 6.07) is 0. The van der Waals surface area contributed by atoms with Crippen LogP contribution in [0.4, 0.5) is 0 Å². The maximum Gasteiger partial charge on any atom is 0.331 e. The highest BCUT2D eigenvalue weighted by Gasteiger charge is 2.61. The lowest BCUT2D eigenvalue weighted by molar-refractivity contribution is -0.153. The van der Waals surface area contributed by atoms with Crippen molar-refractivity contribution in [2.75, 3.05) is 7.11 Å². The fourth-order valence-electron chi connectivity index (χ4n) is 3.89. The van der Waals surface area contributed by atoms with E-state index in [1.54, 1.807) is 0 Å². The maximum absolute atomic E-state index is 12.8. The number of amides is 1. The first kappa shape index (κ1) is 17.0. The van der Waals surface area contributed by atoms with E-state index in [0.29, 0.717) is 12.8 Å². The van der Waals surface area contributed by atoms with Crippen molar-refractivity contribution in [3.8, 4) is 0 Å². The summed E-state index contributed by atoms with van der Waals surface area (Å²) in [5, 5.41) is 3.06. The summed E-state index contributed by atoms with van der Waals surface area (Å²) in [6.07, 6.45) is 6.58. The number of allylic oxidation sites excluding steroid dienone is 2. The quantitative estimate of drug-likeness (QED) is 0.641. The van der Waals surface area contributed by atoms with Crippen LogP contribution in [0.5, 0.6) is 0 Å². The van der Waals surface area contributed by atoms with Gasteiger partial charge in [0.25, 0.3) is 0 Å². The topological polar surface area (TPSA) is 55.4 Å². The van der Waals surface area contributed by atoms with Gasteiger partial charge in [0.2, 0.25) is 5.91 Å². The van der Waals surface area contributed by atoms with Crippen molar-refractivity contribution in [3.63, 3.8) is 0 Å². The van der Waals surface area contributed by atoms with Gasteiger partial charge in [-0.1, -0.05) is 44.8 Å². The largest absolute Gasteiger partial charge is 0.467 e. The van der Waals surface area contributed by atoms with Crippen molar-refractivity contribution in [1.82, 2.24) is 5.32 Å². The zero-order valence-electron chi connectivity index (χ0n) is 14.5. The standard InChI is InChI=1S/C18H29NO3/c1-12(2)11-13-14(17(13,3)4)15(20)19-18(16(21)22-5)9-7-6-8-10-18/h11,13-14H,6-10H2,1-5H3,(H,19,20)/t13-,14-/m1/s1. The van der Waals surface area contributed by atoms with Gasteiger partial charge in [-0.3, -0.25) is 4.79 Å². The molecule has 0 aromatic carbocycles. The van der Waals surface area contributed by atoms with Crippen molar-refractivity contribution in [2.24, 2.45) is 17.3 Å². The summed E-state index contributed by atoms with van der Waals surface area (Å²) in [5.74, 6) is -0.0841. The maximum atomic E-state index is 12.8. The Morgan fingerprint density at radius 1 is 1.14 bits per heavy atom. The first-order valence-corrected chi connectivity index (χ1v) is 8.30. The summed E-state index contributed by atoms with van der Waals surface area (Å²) < 4.78 is 4.97. The van der Waals surface area contributed by atoms with Crippen molar-refractivity contribution >= 4 is 11.9 Å². The van der Waals surface area contributed by atoms with Gasteiger partial charge in [0.1, 0.15) is 5.54 Å². The molecule has 2 fully saturated rings. The molecule has 22 heavy (non-hydrogen) atoms. The molecule has 0 saturated heterocycles. The molecular weight excluding hydrogens is 278 g/mol. The monoisotopic (exact) mass is 307 g/mol. The predicted molar refractivity (Wildman–Crippen MR) is 86.2 cm³/mol. The highest BCUT2D eigenvalue weighted by atomic mass is 16.5. The minimum atomic E-state index is -0.807. The molecule has 0 aliphatic heterocycles. The fraction of sp³-hybridized carbons (Fsp3) is 0.778. The van der Waals surface area contributed by atoms with E-state index < -0.39 is 5.54 Å². The molecule has 2 saturated carbocycles. The minimum absolute atomic E-state index is 0.000185. The predicted octanol–water partition coefficient (Wildman–Crippen LogP) is 3.22. The van der Waals surface area contributed by atoms with Crippen LogP contribution in [0.2, 0.25) is 0 Å². The molecule has 2 atom stereocenters. The van der Waals surface area contributed by atoms with Crippen LogP contribution >= 0.6 is 0 Å². The molecule has 0 radical (unpaired) electrons. The van der Waals surface area contributed by atoms with Gasteiger partial charge < -0.3 is 10.1 Å². The number of ether oxygens (including phenoxy) is 1. The van der Waals surface area contributed by atoms with Crippen LogP contribution in [0.25, 0.3) is 0 Å². The van der Waals surface area contributed by atoms with Crippen LogP contribution in [0.15, 0.2) is 11.6 Å². The second kappa shape index (κ2) is 6.05. The first-order chi connectivity index (χ1) is 10.2. The Balaban J connectivity index is 2.13. The number of hydrogen-bond acceptors (Lipinski definition) is 3. The van der Waals surface area contributed by atoms with Gasteiger partial charge in [-0.15, -0.1) is 0 Å². The van der Waals surface area contributed by atoms with E-state index in [9.17, 15) is 9.59 Å². The van der Waals surface area contributed by atoms with Gasteiger partial charge in [-0.25, -0.2) is 4.79 Å². The molecule has 1 amide bonds. The van der Waals surface area contributed by atoms with E-state index in [1.807, 2.05) is 0 Å². The number of carbonyl (C=O) groups excluding carboxylic acids is 2. The Labute approximate surface area is 133 Å². The van der Waals surface area contributed by atoms with Crippen LogP contribution in [0.1, 0.15) is 59.8 Å². The molecule has 0 aromatic heterocycles. The summed E-state index contributed by atoms with van der Waals surface area (Å²) in [7, 11) is 1.40. The van der Waals surface area contributed by atoms with E-state index in [4.69, 9.17) is 4.74 Å². The smallest absolute Gasteiger partial charge is 0.331 e. The molecule has 124 valence electrons. The molecule has 0 heterocycles. The normalized spacial score (nSPS) is 28.4. The molecule has 0 aromatic rings. The highest BCUT2D eigenvalue weighted by molar-refractivity contribution is 5.91. The van der Waals surface area contributed by atoms with E-state index in [2.05, 4.69) is 39.1 Å². The summed E-state index contributed by atoms with van der Waals surface area (Å²) in [5.41, 5.74) is 0.389. The molecule has 4 heteroatoms. The van der Waals surface area contributed by atoms with Gasteiger partial charge in [-0.05, 0) is 38.0 Å². The second-order valence-electron chi connectivity index (χ2n) is 7.69. The molecule has 0 spiro atoms. The molecule has 2 aliphatic rings. The van der Waals surface area contributed by atoms with Crippen molar-refractivity contribution in [3.05, 3.63) is 11.6 Å². The van der Waals surface area contributed by atoms with Crippen molar-refractivity contribution in [2.45, 2.75) is 65.3 Å². The van der Waals surface area contributed by atoms with Crippen molar-refractivity contribution in [1.29, 1.82) is 0 Å². The van der Waals surface area contributed by atoms with Gasteiger partial charge >= 0.3 is 5.97 Å². The van der Waals surface area contributed by atoms with Crippen LogP contribution < -0.4 is 5.32 Å². The van der Waals surface area contributed by atoms with E-state index in [0.717, 1.165) is 19.3 Å². The zero-order chi connectivity index (χ0) is 16.5. The molecule has 0 bridgehead atoms. The third-order valence-corrected chi connectivity index (χ3v) is 5.35. The summed E-state index contributed by atoms with van der Waals surface area (Å²) in [6.45, 7) is 8.35. The lowest BCUT2D eigenvalue weighted by Crippen LogP contribution is -2.56. The van der Waals surface area contributed by atoms with Gasteiger partial charge in [0.05, 0.1) is 13.0 Å². The molecule has 0 unspecified atom stereocenters. The lowest BCUT2D eigenvalue weighted by atomic mass is 9.81. The Bertz CT molecular complexity index is 483. The Hall–Kier alpha value is -1.32. The number of methoxy groups -OCH3 is 1. The summed E-state index contributed by atoms with van der Waals surface area (Å²) >= 11 is 0. The highest BCUT2D eigenvalue weighted by Crippen LogP contribution is 2.59. The average molecular weight is 307 g/mol. The van der Waals surface area contributed by atoms with Crippen LogP contribution in [-0.2, 0) is 14.3 Å². The van der Waals surface area contributed by atoms with Crippen LogP contribution in [0, 0.1) is 17.3 Å². The van der Waals surface area contributed by atoms with Crippen LogP contribution in [0.3, 0.4) is 0 Å². The van der Waals surface area contributed by atoms with Crippen LogP contribution in [-0.4, -0.2) is 24.5 Å². The third kappa shape index (κ3) is 3.06. The van der Waals surface area contributed by atoms with E-state index in [-0.39, 0.29) is 29.1 Å². The average Bonchev–Trinajstić information content (AvgIpc) is 2.99. The van der Waals surface area contributed by atoms with E-state index in [1.165, 1.54) is 12.7 Å². The molecule has 2 aliphatic carbocycles. The fourth-order valence-corrected chi connectivity index (χ4v) is 3.89. The Morgan fingerprint density at radius 2 is 1.73 bits per heavy atom. The minimum Gasteiger partial charge on any atom is -0.467 e.